The number of imidazole rings is 1. The molecule has 2 rings (SSSR count). The van der Waals surface area contributed by atoms with Crippen LogP contribution in [0.2, 0.25) is 0 Å². The van der Waals surface area contributed by atoms with E-state index >= 15 is 0 Å². The molecule has 0 bridgehead atoms. The predicted octanol–water partition coefficient (Wildman–Crippen LogP) is 0.559. The third-order valence-corrected chi connectivity index (χ3v) is 3.43. The summed E-state index contributed by atoms with van der Waals surface area (Å²) in [5, 5.41) is 2.90. The van der Waals surface area contributed by atoms with Crippen LogP contribution in [0.1, 0.15) is 30.2 Å². The number of carbonyl (C=O) groups is 1. The topological polar surface area (TPSA) is 70.2 Å². The van der Waals surface area contributed by atoms with Crippen LogP contribution >= 0.6 is 0 Å². The molecule has 1 aromatic rings. The van der Waals surface area contributed by atoms with Gasteiger partial charge in [0.1, 0.15) is 11.5 Å². The minimum absolute atomic E-state index is 0.0353. The molecule has 2 N–H and O–H groups in total. The lowest BCUT2D eigenvalue weighted by atomic mass is 10.0. The van der Waals surface area contributed by atoms with E-state index in [0.29, 0.717) is 12.2 Å². The number of aromatic nitrogens is 2. The highest BCUT2D eigenvalue weighted by atomic mass is 16.5. The average molecular weight is 266 g/mol. The first kappa shape index (κ1) is 14.0. The molecule has 0 aliphatic carbocycles. The molecule has 0 atom stereocenters. The average Bonchev–Trinajstić information content (AvgIpc) is 2.78. The van der Waals surface area contributed by atoms with Crippen LogP contribution in [0.4, 0.5) is 0 Å². The number of nitrogens with zero attached hydrogens (tertiary/aromatic N) is 2. The lowest BCUT2D eigenvalue weighted by Crippen LogP contribution is -2.54. The Morgan fingerprint density at radius 2 is 2.42 bits per heavy atom. The molecule has 6 heteroatoms. The van der Waals surface area contributed by atoms with Crippen LogP contribution in [-0.2, 0) is 4.74 Å². The van der Waals surface area contributed by atoms with E-state index in [0.717, 1.165) is 32.1 Å². The van der Waals surface area contributed by atoms with Crippen LogP contribution in [0.3, 0.4) is 0 Å². The van der Waals surface area contributed by atoms with Gasteiger partial charge >= 0.3 is 0 Å². The summed E-state index contributed by atoms with van der Waals surface area (Å²) >= 11 is 0. The van der Waals surface area contributed by atoms with E-state index in [9.17, 15) is 4.79 Å². The van der Waals surface area contributed by atoms with Gasteiger partial charge < -0.3 is 15.0 Å². The van der Waals surface area contributed by atoms with E-state index in [1.807, 2.05) is 6.92 Å². The smallest absolute Gasteiger partial charge is 0.269 e. The molecule has 19 heavy (non-hydrogen) atoms. The molecule has 6 nitrogen and oxygen atoms in total. The second-order valence-electron chi connectivity index (χ2n) is 5.49. The summed E-state index contributed by atoms with van der Waals surface area (Å²) in [6.07, 6.45) is 1.56. The monoisotopic (exact) mass is 266 g/mol. The number of morpholine rings is 1. The predicted molar refractivity (Wildman–Crippen MR) is 72.1 cm³/mol. The maximum absolute atomic E-state index is 11.8. The molecule has 0 unspecified atom stereocenters. The molecule has 1 aliphatic heterocycles. The Morgan fingerprint density at radius 1 is 1.63 bits per heavy atom. The van der Waals surface area contributed by atoms with Gasteiger partial charge in [-0.2, -0.15) is 0 Å². The Kier molecular flexibility index (Phi) is 4.21. The number of ether oxygens (including phenoxy) is 1. The summed E-state index contributed by atoms with van der Waals surface area (Å²) in [6.45, 7) is 10.0. The van der Waals surface area contributed by atoms with Crippen LogP contribution in [-0.4, -0.2) is 59.2 Å². The zero-order valence-corrected chi connectivity index (χ0v) is 11.8. The zero-order valence-electron chi connectivity index (χ0n) is 11.8. The lowest BCUT2D eigenvalue weighted by molar-refractivity contribution is -0.0498. The largest absolute Gasteiger partial charge is 0.378 e. The molecule has 2 heterocycles. The van der Waals surface area contributed by atoms with Crippen molar-refractivity contribution in [3.05, 3.63) is 17.7 Å². The molecule has 0 radical (unpaired) electrons. The zero-order chi connectivity index (χ0) is 13.9. The van der Waals surface area contributed by atoms with Gasteiger partial charge in [0, 0.05) is 25.2 Å². The van der Waals surface area contributed by atoms with E-state index in [-0.39, 0.29) is 11.4 Å². The molecule has 1 saturated heterocycles. The number of aryl methyl sites for hydroxylation is 1. The molecule has 0 spiro atoms. The SMILES string of the molecule is Cc1ncc(C(=O)NCCN2CCOCC2(C)C)[nH]1. The van der Waals surface area contributed by atoms with Crippen molar-refractivity contribution in [1.82, 2.24) is 20.2 Å². The molecular weight excluding hydrogens is 244 g/mol. The molecule has 1 amide bonds. The Bertz CT molecular complexity index is 442. The lowest BCUT2D eigenvalue weighted by Gasteiger charge is -2.42. The van der Waals surface area contributed by atoms with Crippen LogP contribution in [0.5, 0.6) is 0 Å². The summed E-state index contributed by atoms with van der Waals surface area (Å²) in [7, 11) is 0. The maximum atomic E-state index is 11.8. The summed E-state index contributed by atoms with van der Waals surface area (Å²) in [5.74, 6) is 0.645. The van der Waals surface area contributed by atoms with Crippen molar-refractivity contribution in [3.8, 4) is 0 Å². The number of rotatable bonds is 4. The van der Waals surface area contributed by atoms with Crippen molar-refractivity contribution < 1.29 is 9.53 Å². The highest BCUT2D eigenvalue weighted by molar-refractivity contribution is 5.92. The number of nitrogens with one attached hydrogen (secondary N) is 2. The number of carbonyl (C=O) groups excluding carboxylic acids is 1. The van der Waals surface area contributed by atoms with Crippen molar-refractivity contribution in [1.29, 1.82) is 0 Å². The molecule has 1 aliphatic rings. The van der Waals surface area contributed by atoms with E-state index in [2.05, 4.69) is 34.0 Å². The van der Waals surface area contributed by atoms with Crippen LogP contribution < -0.4 is 5.32 Å². The van der Waals surface area contributed by atoms with E-state index in [1.54, 1.807) is 6.20 Å². The highest BCUT2D eigenvalue weighted by Gasteiger charge is 2.29. The summed E-state index contributed by atoms with van der Waals surface area (Å²) in [5.41, 5.74) is 0.548. The molecule has 106 valence electrons. The minimum Gasteiger partial charge on any atom is -0.378 e. The van der Waals surface area contributed by atoms with E-state index in [1.165, 1.54) is 0 Å². The molecule has 0 aromatic carbocycles. The number of amides is 1. The van der Waals surface area contributed by atoms with Gasteiger partial charge in [-0.25, -0.2) is 4.98 Å². The van der Waals surface area contributed by atoms with Crippen molar-refractivity contribution in [3.63, 3.8) is 0 Å². The Balaban J connectivity index is 1.78. The number of H-pyrrole nitrogens is 1. The fourth-order valence-corrected chi connectivity index (χ4v) is 2.24. The second-order valence-corrected chi connectivity index (χ2v) is 5.49. The number of hydrogen-bond acceptors (Lipinski definition) is 4. The summed E-state index contributed by atoms with van der Waals surface area (Å²) in [4.78, 5) is 21.1. The third-order valence-electron chi connectivity index (χ3n) is 3.43. The van der Waals surface area contributed by atoms with Gasteiger partial charge in [-0.1, -0.05) is 0 Å². The Hall–Kier alpha value is -1.40. The van der Waals surface area contributed by atoms with E-state index in [4.69, 9.17) is 4.74 Å². The summed E-state index contributed by atoms with van der Waals surface area (Å²) < 4.78 is 5.47. The highest BCUT2D eigenvalue weighted by Crippen LogP contribution is 2.17. The van der Waals surface area contributed by atoms with Crippen molar-refractivity contribution in [2.45, 2.75) is 26.3 Å². The van der Waals surface area contributed by atoms with Crippen LogP contribution in [0.15, 0.2) is 6.20 Å². The van der Waals surface area contributed by atoms with Gasteiger partial charge in [-0.15, -0.1) is 0 Å². The molecule has 0 saturated carbocycles. The van der Waals surface area contributed by atoms with Crippen LogP contribution in [0.25, 0.3) is 0 Å². The van der Waals surface area contributed by atoms with Crippen molar-refractivity contribution in [2.75, 3.05) is 32.8 Å². The first-order valence-corrected chi connectivity index (χ1v) is 6.62. The number of aromatic amines is 1. The second kappa shape index (κ2) is 5.71. The van der Waals surface area contributed by atoms with Crippen molar-refractivity contribution >= 4 is 5.91 Å². The first-order valence-electron chi connectivity index (χ1n) is 6.62. The van der Waals surface area contributed by atoms with Gasteiger partial charge in [-0.05, 0) is 20.8 Å². The van der Waals surface area contributed by atoms with Gasteiger partial charge in [-0.3, -0.25) is 9.69 Å². The molecular formula is C13H22N4O2. The Morgan fingerprint density at radius 3 is 3.05 bits per heavy atom. The first-order chi connectivity index (χ1) is 8.99. The minimum atomic E-state index is -0.105. The van der Waals surface area contributed by atoms with Gasteiger partial charge in [0.25, 0.3) is 5.91 Å². The normalized spacial score (nSPS) is 19.3. The quantitative estimate of drug-likeness (QED) is 0.835. The number of hydrogen-bond donors (Lipinski definition) is 2. The van der Waals surface area contributed by atoms with Gasteiger partial charge in [0.15, 0.2) is 0 Å². The summed E-state index contributed by atoms with van der Waals surface area (Å²) in [6, 6.07) is 0. The fraction of sp³-hybridized carbons (Fsp3) is 0.692. The fourth-order valence-electron chi connectivity index (χ4n) is 2.24. The van der Waals surface area contributed by atoms with Gasteiger partial charge in [0.05, 0.1) is 19.4 Å². The van der Waals surface area contributed by atoms with Gasteiger partial charge in [0.2, 0.25) is 0 Å². The Labute approximate surface area is 113 Å². The van der Waals surface area contributed by atoms with Crippen LogP contribution in [0, 0.1) is 6.92 Å². The van der Waals surface area contributed by atoms with Crippen molar-refractivity contribution in [2.24, 2.45) is 0 Å². The standard InChI is InChI=1S/C13H22N4O2/c1-10-15-8-11(16-10)12(18)14-4-5-17-6-7-19-9-13(17,2)3/h8H,4-7,9H2,1-3H3,(H,14,18)(H,15,16). The maximum Gasteiger partial charge on any atom is 0.269 e. The molecule has 1 fully saturated rings. The molecule has 1 aromatic heterocycles. The van der Waals surface area contributed by atoms with E-state index < -0.39 is 0 Å². The third kappa shape index (κ3) is 3.54.